The normalized spacial score (nSPS) is 13.8. The molecule has 2 heterocycles. The summed E-state index contributed by atoms with van der Waals surface area (Å²) in [5, 5.41) is 6.41. The Morgan fingerprint density at radius 3 is 2.45 bits per heavy atom. The number of fused-ring (bicyclic) bond motifs is 1. The van der Waals surface area contributed by atoms with Gasteiger partial charge in [-0.1, -0.05) is 15.9 Å². The molecule has 33 heavy (non-hydrogen) atoms. The van der Waals surface area contributed by atoms with Gasteiger partial charge >= 0.3 is 6.09 Å². The largest absolute Gasteiger partial charge is 0.443 e. The van der Waals surface area contributed by atoms with Gasteiger partial charge < -0.3 is 9.15 Å². The Kier molecular flexibility index (Phi) is 6.90. The van der Waals surface area contributed by atoms with Gasteiger partial charge in [-0.3, -0.25) is 0 Å². The number of carbonyl (C=O) groups excluding carboxylic acids is 1. The summed E-state index contributed by atoms with van der Waals surface area (Å²) in [5.74, 6) is -0.568. The smallest absolute Gasteiger partial charge is 0.424 e. The van der Waals surface area contributed by atoms with E-state index in [0.29, 0.717) is 9.82 Å². The number of ether oxygens (including phenoxy) is 1. The highest BCUT2D eigenvalue weighted by Gasteiger charge is 2.35. The maximum Gasteiger partial charge on any atom is 0.424 e. The van der Waals surface area contributed by atoms with Gasteiger partial charge in [0.25, 0.3) is 0 Å². The number of hydrogen-bond acceptors (Lipinski definition) is 11. The van der Waals surface area contributed by atoms with Crippen LogP contribution in [0, 0.1) is 0 Å². The minimum Gasteiger partial charge on any atom is -0.443 e. The molecular formula is C18H21BrN4O7S3. The predicted octanol–water partition coefficient (Wildman–Crippen LogP) is 3.27. The van der Waals surface area contributed by atoms with Gasteiger partial charge in [0.15, 0.2) is 15.1 Å². The van der Waals surface area contributed by atoms with Crippen LogP contribution in [0.1, 0.15) is 42.8 Å². The molecule has 0 N–H and O–H groups in total. The van der Waals surface area contributed by atoms with Crippen molar-refractivity contribution in [1.82, 2.24) is 19.5 Å². The van der Waals surface area contributed by atoms with E-state index in [4.69, 9.17) is 9.15 Å². The van der Waals surface area contributed by atoms with Crippen molar-refractivity contribution < 1.29 is 30.8 Å². The average molecular weight is 581 g/mol. The van der Waals surface area contributed by atoms with Crippen LogP contribution in [0.15, 0.2) is 27.1 Å². The van der Waals surface area contributed by atoms with Gasteiger partial charge in [-0.25, -0.2) is 26.6 Å². The van der Waals surface area contributed by atoms with Crippen LogP contribution < -0.4 is 0 Å². The van der Waals surface area contributed by atoms with E-state index in [1.165, 1.54) is 0 Å². The zero-order valence-corrected chi connectivity index (χ0v) is 22.3. The lowest BCUT2D eigenvalue weighted by molar-refractivity contribution is 0.0372. The van der Waals surface area contributed by atoms with E-state index in [-0.39, 0.29) is 16.8 Å². The number of sulfonamides is 1. The lowest BCUT2D eigenvalue weighted by atomic mass is 10.2. The third-order valence-corrected chi connectivity index (χ3v) is 8.09. The molecule has 2 aromatic heterocycles. The third-order valence-electron chi connectivity index (χ3n) is 4.00. The molecule has 0 saturated carbocycles. The molecule has 1 atom stereocenters. The first-order valence-electron chi connectivity index (χ1n) is 9.32. The van der Waals surface area contributed by atoms with Crippen molar-refractivity contribution >= 4 is 63.4 Å². The Morgan fingerprint density at radius 1 is 1.21 bits per heavy atom. The Hall–Kier alpha value is -2.10. The average Bonchev–Trinajstić information content (AvgIpc) is 3.22. The SMILES string of the molecule is CC(C)(C)OC(=O)N(Cc1nnc(C(c2nc3ccc(Br)cc3s2)S(C)(=O)=O)o1)S(C)(=O)=O. The molecule has 0 radical (unpaired) electrons. The van der Waals surface area contributed by atoms with E-state index in [2.05, 4.69) is 31.1 Å². The molecule has 0 saturated heterocycles. The molecule has 180 valence electrons. The van der Waals surface area contributed by atoms with Crippen molar-refractivity contribution in [2.24, 2.45) is 0 Å². The summed E-state index contributed by atoms with van der Waals surface area (Å²) in [6, 6.07) is 5.32. The summed E-state index contributed by atoms with van der Waals surface area (Å²) in [7, 11) is -7.85. The number of thiazole rings is 1. The number of nitrogens with zero attached hydrogens (tertiary/aromatic N) is 4. The third kappa shape index (κ3) is 6.28. The first-order chi connectivity index (χ1) is 15.0. The standard InChI is InChI=1S/C18H21BrN4O7S3/c1-18(2,3)30-17(24)23(33(5,27)28)9-13-21-22-15(29-13)14(32(4,25)26)16-20-11-7-6-10(19)8-12(11)31-16/h6-8,14H,9H2,1-5H3. The number of amides is 1. The Balaban J connectivity index is 1.97. The molecule has 3 aromatic rings. The van der Waals surface area contributed by atoms with E-state index in [1.807, 2.05) is 0 Å². The molecule has 1 unspecified atom stereocenters. The molecule has 0 fully saturated rings. The van der Waals surface area contributed by atoms with Crippen LogP contribution in [0.3, 0.4) is 0 Å². The van der Waals surface area contributed by atoms with Crippen molar-refractivity contribution in [2.45, 2.75) is 38.2 Å². The fourth-order valence-corrected chi connectivity index (χ4v) is 6.39. The molecule has 3 rings (SSSR count). The summed E-state index contributed by atoms with van der Waals surface area (Å²) in [6.45, 7) is 4.14. The molecule has 0 aliphatic heterocycles. The Morgan fingerprint density at radius 2 is 1.88 bits per heavy atom. The number of sulfone groups is 1. The second-order valence-electron chi connectivity index (χ2n) is 8.16. The van der Waals surface area contributed by atoms with Gasteiger partial charge in [-0.2, -0.15) is 4.31 Å². The van der Waals surface area contributed by atoms with Crippen LogP contribution in [0.4, 0.5) is 4.79 Å². The number of carbonyl (C=O) groups is 1. The fourth-order valence-electron chi connectivity index (χ4n) is 2.69. The van der Waals surface area contributed by atoms with E-state index in [1.54, 1.807) is 39.0 Å². The van der Waals surface area contributed by atoms with Crippen molar-refractivity contribution in [2.75, 3.05) is 12.5 Å². The number of rotatable bonds is 6. The molecule has 0 bridgehead atoms. The van der Waals surface area contributed by atoms with E-state index < -0.39 is 43.3 Å². The lowest BCUT2D eigenvalue weighted by Gasteiger charge is -2.24. The number of aromatic nitrogens is 3. The van der Waals surface area contributed by atoms with Crippen molar-refractivity contribution in [3.05, 3.63) is 39.5 Å². The second-order valence-corrected chi connectivity index (χ2v) is 14.2. The van der Waals surface area contributed by atoms with Gasteiger partial charge in [0.2, 0.25) is 21.8 Å². The highest BCUT2D eigenvalue weighted by Crippen LogP contribution is 2.35. The number of benzene rings is 1. The van der Waals surface area contributed by atoms with Crippen molar-refractivity contribution in [1.29, 1.82) is 0 Å². The predicted molar refractivity (Wildman–Crippen MR) is 125 cm³/mol. The Labute approximate surface area is 203 Å². The molecule has 0 aliphatic carbocycles. The van der Waals surface area contributed by atoms with E-state index in [9.17, 15) is 21.6 Å². The minimum atomic E-state index is -4.05. The van der Waals surface area contributed by atoms with Crippen LogP contribution in [0.25, 0.3) is 10.2 Å². The van der Waals surface area contributed by atoms with E-state index >= 15 is 0 Å². The summed E-state index contributed by atoms with van der Waals surface area (Å²) in [4.78, 5) is 16.8. The Bertz CT molecular complexity index is 1410. The van der Waals surface area contributed by atoms with Gasteiger partial charge in [0.05, 0.1) is 16.5 Å². The monoisotopic (exact) mass is 580 g/mol. The zero-order chi connectivity index (χ0) is 24.8. The van der Waals surface area contributed by atoms with Gasteiger partial charge in [0.1, 0.15) is 17.2 Å². The van der Waals surface area contributed by atoms with Crippen molar-refractivity contribution in [3.8, 4) is 0 Å². The zero-order valence-electron chi connectivity index (χ0n) is 18.3. The first kappa shape index (κ1) is 25.5. The van der Waals surface area contributed by atoms with Crippen LogP contribution in [0.5, 0.6) is 0 Å². The molecule has 0 aliphatic rings. The summed E-state index contributed by atoms with van der Waals surface area (Å²) < 4.78 is 62.1. The lowest BCUT2D eigenvalue weighted by Crippen LogP contribution is -2.39. The summed E-state index contributed by atoms with van der Waals surface area (Å²) >= 11 is 4.51. The maximum absolute atomic E-state index is 12.6. The quantitative estimate of drug-likeness (QED) is 0.424. The van der Waals surface area contributed by atoms with Crippen LogP contribution in [-0.4, -0.2) is 60.5 Å². The molecular weight excluding hydrogens is 560 g/mol. The fraction of sp³-hybridized carbons (Fsp3) is 0.444. The maximum atomic E-state index is 12.6. The molecule has 1 aromatic carbocycles. The van der Waals surface area contributed by atoms with Crippen LogP contribution >= 0.6 is 27.3 Å². The first-order valence-corrected chi connectivity index (χ1v) is 14.7. The summed E-state index contributed by atoms with van der Waals surface area (Å²) in [6.07, 6.45) is 0.709. The van der Waals surface area contributed by atoms with Crippen LogP contribution in [0.2, 0.25) is 0 Å². The van der Waals surface area contributed by atoms with Gasteiger partial charge in [0, 0.05) is 10.7 Å². The number of hydrogen-bond donors (Lipinski definition) is 0. The molecule has 0 spiro atoms. The van der Waals surface area contributed by atoms with E-state index in [0.717, 1.165) is 33.0 Å². The van der Waals surface area contributed by atoms with Crippen molar-refractivity contribution in [3.63, 3.8) is 0 Å². The minimum absolute atomic E-state index is 0.216. The van der Waals surface area contributed by atoms with Gasteiger partial charge in [-0.05, 0) is 39.0 Å². The second kappa shape index (κ2) is 8.92. The topological polar surface area (TPSA) is 150 Å². The number of halogens is 1. The molecule has 11 nitrogen and oxygen atoms in total. The molecule has 15 heteroatoms. The summed E-state index contributed by atoms with van der Waals surface area (Å²) in [5.41, 5.74) is -0.344. The highest BCUT2D eigenvalue weighted by molar-refractivity contribution is 9.10. The van der Waals surface area contributed by atoms with Crippen LogP contribution in [-0.2, 0) is 31.1 Å². The van der Waals surface area contributed by atoms with Gasteiger partial charge in [-0.15, -0.1) is 21.5 Å². The highest BCUT2D eigenvalue weighted by atomic mass is 79.9. The molecule has 1 amide bonds.